The summed E-state index contributed by atoms with van der Waals surface area (Å²) in [5.74, 6) is 0.0189. The van der Waals surface area contributed by atoms with E-state index in [0.29, 0.717) is 12.0 Å². The predicted octanol–water partition coefficient (Wildman–Crippen LogP) is 2.09. The third-order valence-corrected chi connectivity index (χ3v) is 3.02. The van der Waals surface area contributed by atoms with Gasteiger partial charge in [0.15, 0.2) is 5.78 Å². The zero-order valence-electron chi connectivity index (χ0n) is 8.07. The van der Waals surface area contributed by atoms with Crippen molar-refractivity contribution in [2.75, 3.05) is 0 Å². The molecule has 0 amide bonds. The van der Waals surface area contributed by atoms with Crippen molar-refractivity contribution in [3.05, 3.63) is 35.9 Å². The van der Waals surface area contributed by atoms with Crippen molar-refractivity contribution in [3.63, 3.8) is 0 Å². The van der Waals surface area contributed by atoms with Gasteiger partial charge in [-0.3, -0.25) is 4.79 Å². The predicted molar refractivity (Wildman–Crippen MR) is 53.1 cm³/mol. The quantitative estimate of drug-likeness (QED) is 0.537. The molecular formula is C12H12O2. The Morgan fingerprint density at radius 2 is 2.07 bits per heavy atom. The highest BCUT2D eigenvalue weighted by Gasteiger charge is 2.55. The average Bonchev–Trinajstić information content (AvgIpc) is 2.91. The molecule has 72 valence electrons. The third kappa shape index (κ3) is 1.27. The van der Waals surface area contributed by atoms with Crippen LogP contribution in [0.5, 0.6) is 0 Å². The lowest BCUT2D eigenvalue weighted by atomic mass is 9.95. The topological polar surface area (TPSA) is 34.1 Å². The molecule has 14 heavy (non-hydrogen) atoms. The second-order valence-corrected chi connectivity index (χ2v) is 4.06. The lowest BCUT2D eigenvalue weighted by molar-refractivity contribution is -0.109. The molecular weight excluding hydrogens is 176 g/mol. The summed E-state index contributed by atoms with van der Waals surface area (Å²) in [5, 5.41) is 0. The Bertz CT molecular complexity index is 369. The first kappa shape index (κ1) is 9.13. The van der Waals surface area contributed by atoms with E-state index < -0.39 is 5.41 Å². The van der Waals surface area contributed by atoms with Gasteiger partial charge >= 0.3 is 0 Å². The molecule has 0 radical (unpaired) electrons. The van der Waals surface area contributed by atoms with E-state index in [1.54, 1.807) is 12.1 Å². The molecule has 0 aromatic heterocycles. The van der Waals surface area contributed by atoms with Crippen LogP contribution in [0.4, 0.5) is 0 Å². The van der Waals surface area contributed by atoms with Gasteiger partial charge in [0.2, 0.25) is 0 Å². The summed E-state index contributed by atoms with van der Waals surface area (Å²) in [4.78, 5) is 22.5. The van der Waals surface area contributed by atoms with E-state index in [4.69, 9.17) is 0 Å². The van der Waals surface area contributed by atoms with Crippen molar-refractivity contribution >= 4 is 12.1 Å². The van der Waals surface area contributed by atoms with Crippen LogP contribution in [0.25, 0.3) is 0 Å². The molecule has 0 saturated heterocycles. The van der Waals surface area contributed by atoms with Crippen LogP contribution in [0.15, 0.2) is 30.3 Å². The summed E-state index contributed by atoms with van der Waals surface area (Å²) in [6.07, 6.45) is 1.59. The van der Waals surface area contributed by atoms with Crippen molar-refractivity contribution in [3.8, 4) is 0 Å². The molecule has 0 spiro atoms. The Kier molecular flexibility index (Phi) is 1.99. The van der Waals surface area contributed by atoms with Crippen LogP contribution in [0, 0.1) is 11.3 Å². The van der Waals surface area contributed by atoms with Gasteiger partial charge in [-0.1, -0.05) is 37.3 Å². The molecule has 0 heterocycles. The molecule has 1 aliphatic rings. The second kappa shape index (κ2) is 3.05. The minimum atomic E-state index is -0.427. The van der Waals surface area contributed by atoms with Gasteiger partial charge in [0.05, 0.1) is 0 Å². The molecule has 1 fully saturated rings. The number of hydrogen-bond donors (Lipinski definition) is 0. The molecule has 2 atom stereocenters. The molecule has 2 rings (SSSR count). The molecule has 2 nitrogen and oxygen atoms in total. The lowest BCUT2D eigenvalue weighted by Gasteiger charge is -2.07. The van der Waals surface area contributed by atoms with E-state index in [0.717, 1.165) is 6.29 Å². The molecule has 1 aromatic rings. The van der Waals surface area contributed by atoms with Gasteiger partial charge in [-0.2, -0.15) is 0 Å². The van der Waals surface area contributed by atoms with Crippen LogP contribution < -0.4 is 0 Å². The monoisotopic (exact) mass is 188 g/mol. The van der Waals surface area contributed by atoms with Crippen LogP contribution >= 0.6 is 0 Å². The van der Waals surface area contributed by atoms with E-state index in [1.165, 1.54) is 0 Å². The Hall–Kier alpha value is -1.44. The molecule has 1 aliphatic carbocycles. The Morgan fingerprint density at radius 3 is 2.57 bits per heavy atom. The SMILES string of the molecule is CC1(C(=O)c2ccccc2)CC1C=O. The summed E-state index contributed by atoms with van der Waals surface area (Å²) in [5.41, 5.74) is 0.280. The lowest BCUT2D eigenvalue weighted by Crippen LogP contribution is -2.15. The summed E-state index contributed by atoms with van der Waals surface area (Å²) in [6.45, 7) is 1.86. The van der Waals surface area contributed by atoms with E-state index in [-0.39, 0.29) is 11.7 Å². The molecule has 2 heteroatoms. The Labute approximate surface area is 82.9 Å². The minimum Gasteiger partial charge on any atom is -0.303 e. The largest absolute Gasteiger partial charge is 0.303 e. The number of carbonyl (C=O) groups excluding carboxylic acids is 2. The van der Waals surface area contributed by atoms with Gasteiger partial charge in [-0.05, 0) is 6.42 Å². The second-order valence-electron chi connectivity index (χ2n) is 4.06. The first-order chi connectivity index (χ1) is 6.68. The molecule has 0 N–H and O–H groups in total. The standard InChI is InChI=1S/C12H12O2/c1-12(7-10(12)8-13)11(14)9-5-3-2-4-6-9/h2-6,8,10H,7H2,1H3. The number of Topliss-reactive ketones (excluding diaryl/α,β-unsaturated/α-hetero) is 1. The summed E-state index contributed by atoms with van der Waals surface area (Å²) < 4.78 is 0. The normalized spacial score (nSPS) is 29.6. The van der Waals surface area contributed by atoms with Crippen LogP contribution in [0.2, 0.25) is 0 Å². The summed E-state index contributed by atoms with van der Waals surface area (Å²) in [6, 6.07) is 9.16. The molecule has 2 unspecified atom stereocenters. The highest BCUT2D eigenvalue weighted by Crippen LogP contribution is 2.52. The van der Waals surface area contributed by atoms with Crippen LogP contribution in [-0.4, -0.2) is 12.1 Å². The van der Waals surface area contributed by atoms with Crippen LogP contribution in [0.1, 0.15) is 23.7 Å². The van der Waals surface area contributed by atoms with Gasteiger partial charge in [0.25, 0.3) is 0 Å². The highest BCUT2D eigenvalue weighted by molar-refractivity contribution is 6.04. The number of carbonyl (C=O) groups is 2. The number of ketones is 1. The molecule has 0 aliphatic heterocycles. The van der Waals surface area contributed by atoms with Crippen molar-refractivity contribution in [1.82, 2.24) is 0 Å². The maximum Gasteiger partial charge on any atom is 0.169 e. The van der Waals surface area contributed by atoms with E-state index in [1.807, 2.05) is 25.1 Å². The van der Waals surface area contributed by atoms with Gasteiger partial charge in [0, 0.05) is 16.9 Å². The minimum absolute atomic E-state index is 0.0739. The van der Waals surface area contributed by atoms with Gasteiger partial charge in [-0.15, -0.1) is 0 Å². The molecule has 1 aromatic carbocycles. The van der Waals surface area contributed by atoms with E-state index >= 15 is 0 Å². The van der Waals surface area contributed by atoms with Crippen LogP contribution in [0.3, 0.4) is 0 Å². The highest BCUT2D eigenvalue weighted by atomic mass is 16.1. The summed E-state index contributed by atoms with van der Waals surface area (Å²) >= 11 is 0. The average molecular weight is 188 g/mol. The zero-order chi connectivity index (χ0) is 10.2. The van der Waals surface area contributed by atoms with E-state index in [2.05, 4.69) is 0 Å². The maximum absolute atomic E-state index is 11.9. The van der Waals surface area contributed by atoms with Gasteiger partial charge in [0.1, 0.15) is 6.29 Å². The maximum atomic E-state index is 11.9. The fraction of sp³-hybridized carbons (Fsp3) is 0.333. The smallest absolute Gasteiger partial charge is 0.169 e. The first-order valence-corrected chi connectivity index (χ1v) is 4.73. The van der Waals surface area contributed by atoms with Gasteiger partial charge in [-0.25, -0.2) is 0 Å². The fourth-order valence-corrected chi connectivity index (χ4v) is 1.78. The number of benzene rings is 1. The number of rotatable bonds is 3. The van der Waals surface area contributed by atoms with Gasteiger partial charge < -0.3 is 4.79 Å². The summed E-state index contributed by atoms with van der Waals surface area (Å²) in [7, 11) is 0. The van der Waals surface area contributed by atoms with Crippen LogP contribution in [-0.2, 0) is 4.79 Å². The van der Waals surface area contributed by atoms with Crippen molar-refractivity contribution < 1.29 is 9.59 Å². The zero-order valence-corrected chi connectivity index (χ0v) is 8.07. The molecule has 1 saturated carbocycles. The Morgan fingerprint density at radius 1 is 1.43 bits per heavy atom. The number of hydrogen-bond acceptors (Lipinski definition) is 2. The van der Waals surface area contributed by atoms with Crippen molar-refractivity contribution in [1.29, 1.82) is 0 Å². The van der Waals surface area contributed by atoms with Crippen molar-refractivity contribution in [2.45, 2.75) is 13.3 Å². The van der Waals surface area contributed by atoms with E-state index in [9.17, 15) is 9.59 Å². The third-order valence-electron chi connectivity index (χ3n) is 3.02. The first-order valence-electron chi connectivity index (χ1n) is 4.73. The Balaban J connectivity index is 2.23. The molecule has 0 bridgehead atoms. The number of aldehydes is 1. The fourth-order valence-electron chi connectivity index (χ4n) is 1.78. The van der Waals surface area contributed by atoms with Crippen molar-refractivity contribution in [2.24, 2.45) is 11.3 Å².